The first-order valence-corrected chi connectivity index (χ1v) is 10.0. The zero-order chi connectivity index (χ0) is 15.3. The summed E-state index contributed by atoms with van der Waals surface area (Å²) in [5, 5.41) is 8.18. The van der Waals surface area contributed by atoms with Gasteiger partial charge in [-0.15, -0.1) is 10.2 Å². The maximum atomic E-state index is 11.8. The molecule has 118 valence electrons. The van der Waals surface area contributed by atoms with E-state index in [4.69, 9.17) is 10.7 Å². The Balaban J connectivity index is 2.10. The smallest absolute Gasteiger partial charge is 0.296 e. The molecule has 3 rings (SSSR count). The van der Waals surface area contributed by atoms with Crippen LogP contribution in [0.15, 0.2) is 5.16 Å². The number of hydrogen-bond acceptors (Lipinski definition) is 4. The topological polar surface area (TPSA) is 64.8 Å². The van der Waals surface area contributed by atoms with Crippen molar-refractivity contribution >= 4 is 19.7 Å². The summed E-state index contributed by atoms with van der Waals surface area (Å²) in [6.45, 7) is 4.41. The number of hydrogen-bond donors (Lipinski definition) is 0. The average molecular weight is 332 g/mol. The molecule has 0 amide bonds. The molecule has 2 aliphatic carbocycles. The monoisotopic (exact) mass is 331 g/mol. The summed E-state index contributed by atoms with van der Waals surface area (Å²) in [5.74, 6) is 1.40. The van der Waals surface area contributed by atoms with Gasteiger partial charge in [-0.2, -0.15) is 0 Å². The van der Waals surface area contributed by atoms with Crippen LogP contribution in [0.2, 0.25) is 0 Å². The van der Waals surface area contributed by atoms with Crippen molar-refractivity contribution < 1.29 is 8.42 Å². The molecule has 1 aromatic rings. The Bertz CT molecular complexity index is 629. The molecule has 7 heteroatoms. The Labute approximate surface area is 130 Å². The van der Waals surface area contributed by atoms with Crippen molar-refractivity contribution in [2.75, 3.05) is 0 Å². The molecule has 0 bridgehead atoms. The van der Waals surface area contributed by atoms with Gasteiger partial charge in [0, 0.05) is 22.1 Å². The second-order valence-electron chi connectivity index (χ2n) is 6.93. The lowest BCUT2D eigenvalue weighted by atomic mass is 9.77. The third-order valence-corrected chi connectivity index (χ3v) is 5.76. The van der Waals surface area contributed by atoms with Crippen molar-refractivity contribution in [1.29, 1.82) is 0 Å². The fourth-order valence-electron chi connectivity index (χ4n) is 3.82. The predicted molar refractivity (Wildman–Crippen MR) is 80.9 cm³/mol. The highest BCUT2D eigenvalue weighted by atomic mass is 35.7. The summed E-state index contributed by atoms with van der Waals surface area (Å²) in [5.41, 5.74) is -0.0242. The first-order chi connectivity index (χ1) is 9.83. The number of halogens is 1. The highest BCUT2D eigenvalue weighted by Gasteiger charge is 2.44. The Morgan fingerprint density at radius 2 is 1.90 bits per heavy atom. The lowest BCUT2D eigenvalue weighted by Crippen LogP contribution is -2.29. The minimum Gasteiger partial charge on any atom is -0.297 e. The summed E-state index contributed by atoms with van der Waals surface area (Å²) in [4.78, 5) is 0. The highest BCUT2D eigenvalue weighted by Crippen LogP contribution is 2.48. The molecule has 0 radical (unpaired) electrons. The largest absolute Gasteiger partial charge is 0.297 e. The lowest BCUT2D eigenvalue weighted by molar-refractivity contribution is 0.313. The van der Waals surface area contributed by atoms with Crippen molar-refractivity contribution in [3.8, 4) is 0 Å². The van der Waals surface area contributed by atoms with E-state index in [-0.39, 0.29) is 16.6 Å². The van der Waals surface area contributed by atoms with Gasteiger partial charge in [-0.3, -0.25) is 4.57 Å². The van der Waals surface area contributed by atoms with E-state index in [1.54, 1.807) is 0 Å². The Morgan fingerprint density at radius 3 is 2.38 bits per heavy atom. The lowest BCUT2D eigenvalue weighted by Gasteiger charge is -2.30. The Hall–Kier alpha value is -0.620. The molecule has 1 aromatic heterocycles. The molecule has 1 heterocycles. The Kier molecular flexibility index (Phi) is 3.81. The minimum atomic E-state index is -3.84. The fourth-order valence-corrected chi connectivity index (χ4v) is 4.74. The number of aromatic nitrogens is 3. The van der Waals surface area contributed by atoms with Crippen molar-refractivity contribution in [2.45, 2.75) is 75.4 Å². The Morgan fingerprint density at radius 1 is 1.29 bits per heavy atom. The molecular formula is C14H22ClN3O2S. The third-order valence-electron chi connectivity index (χ3n) is 4.63. The van der Waals surface area contributed by atoms with E-state index >= 15 is 0 Å². The average Bonchev–Trinajstić information content (AvgIpc) is 2.92. The molecule has 0 atom stereocenters. The maximum absolute atomic E-state index is 11.8. The summed E-state index contributed by atoms with van der Waals surface area (Å²) in [6.07, 6.45) is 7.49. The van der Waals surface area contributed by atoms with Gasteiger partial charge >= 0.3 is 0 Å². The van der Waals surface area contributed by atoms with Crippen LogP contribution in [-0.4, -0.2) is 23.2 Å². The first kappa shape index (κ1) is 15.3. The molecule has 0 aliphatic heterocycles. The first-order valence-electron chi connectivity index (χ1n) is 7.73. The SMILES string of the molecule is CC(C)CC1(c2nnc(S(=O)(=O)Cl)n2C2CC2)CCCC1. The highest BCUT2D eigenvalue weighted by molar-refractivity contribution is 8.13. The normalized spacial score (nSPS) is 22.1. The van der Waals surface area contributed by atoms with Crippen LogP contribution < -0.4 is 0 Å². The van der Waals surface area contributed by atoms with E-state index in [1.165, 1.54) is 12.8 Å². The van der Waals surface area contributed by atoms with Crippen molar-refractivity contribution in [3.05, 3.63) is 5.82 Å². The molecule has 2 fully saturated rings. The van der Waals surface area contributed by atoms with Crippen LogP contribution >= 0.6 is 10.7 Å². The summed E-state index contributed by atoms with van der Waals surface area (Å²) in [6, 6.07) is 0.211. The van der Waals surface area contributed by atoms with Crippen LogP contribution in [-0.2, 0) is 14.5 Å². The second kappa shape index (κ2) is 5.23. The summed E-state index contributed by atoms with van der Waals surface area (Å²) >= 11 is 0. The fraction of sp³-hybridized carbons (Fsp3) is 0.857. The zero-order valence-electron chi connectivity index (χ0n) is 12.5. The molecule has 2 saturated carbocycles. The van der Waals surface area contributed by atoms with Crippen LogP contribution in [0.25, 0.3) is 0 Å². The molecule has 0 N–H and O–H groups in total. The van der Waals surface area contributed by atoms with Crippen LogP contribution in [0.3, 0.4) is 0 Å². The van der Waals surface area contributed by atoms with Crippen LogP contribution in [0.1, 0.15) is 70.7 Å². The maximum Gasteiger partial charge on any atom is 0.296 e. The minimum absolute atomic E-state index is 0.0242. The molecule has 21 heavy (non-hydrogen) atoms. The number of nitrogens with zero attached hydrogens (tertiary/aromatic N) is 3. The van der Waals surface area contributed by atoms with E-state index in [9.17, 15) is 8.42 Å². The van der Waals surface area contributed by atoms with Gasteiger partial charge < -0.3 is 0 Å². The van der Waals surface area contributed by atoms with E-state index in [0.717, 1.165) is 37.9 Å². The quantitative estimate of drug-likeness (QED) is 0.776. The van der Waals surface area contributed by atoms with Gasteiger partial charge in [0.2, 0.25) is 0 Å². The summed E-state index contributed by atoms with van der Waals surface area (Å²) < 4.78 is 25.4. The molecule has 0 aromatic carbocycles. The van der Waals surface area contributed by atoms with Gasteiger partial charge in [0.25, 0.3) is 14.2 Å². The van der Waals surface area contributed by atoms with Gasteiger partial charge in [-0.1, -0.05) is 26.7 Å². The van der Waals surface area contributed by atoms with E-state index in [1.807, 2.05) is 4.57 Å². The molecule has 0 saturated heterocycles. The number of rotatable bonds is 5. The van der Waals surface area contributed by atoms with E-state index < -0.39 is 9.05 Å². The van der Waals surface area contributed by atoms with Crippen LogP contribution in [0, 0.1) is 5.92 Å². The van der Waals surface area contributed by atoms with E-state index in [0.29, 0.717) is 5.92 Å². The van der Waals surface area contributed by atoms with E-state index in [2.05, 4.69) is 24.0 Å². The molecule has 2 aliphatic rings. The van der Waals surface area contributed by atoms with Crippen molar-refractivity contribution in [1.82, 2.24) is 14.8 Å². The van der Waals surface area contributed by atoms with Gasteiger partial charge in [-0.25, -0.2) is 8.42 Å². The molecular weight excluding hydrogens is 310 g/mol. The predicted octanol–water partition coefficient (Wildman–Crippen LogP) is 3.40. The standard InChI is InChI=1S/C14H22ClN3O2S/c1-10(2)9-14(7-3-4-8-14)12-16-17-13(21(15,19)20)18(12)11-5-6-11/h10-11H,3-9H2,1-2H3. The van der Waals surface area contributed by atoms with Gasteiger partial charge in [0.15, 0.2) is 0 Å². The summed E-state index contributed by atoms with van der Waals surface area (Å²) in [7, 11) is 1.71. The third kappa shape index (κ3) is 2.84. The van der Waals surface area contributed by atoms with Crippen molar-refractivity contribution in [2.24, 2.45) is 5.92 Å². The second-order valence-corrected chi connectivity index (χ2v) is 9.39. The zero-order valence-corrected chi connectivity index (χ0v) is 14.1. The molecule has 5 nitrogen and oxygen atoms in total. The van der Waals surface area contributed by atoms with Crippen LogP contribution in [0.4, 0.5) is 0 Å². The van der Waals surface area contributed by atoms with Gasteiger partial charge in [0.05, 0.1) is 0 Å². The van der Waals surface area contributed by atoms with Gasteiger partial charge in [0.1, 0.15) is 5.82 Å². The van der Waals surface area contributed by atoms with Crippen molar-refractivity contribution in [3.63, 3.8) is 0 Å². The molecule has 0 unspecified atom stereocenters. The van der Waals surface area contributed by atoms with Gasteiger partial charge in [-0.05, 0) is 38.0 Å². The molecule has 0 spiro atoms. The van der Waals surface area contributed by atoms with Crippen LogP contribution in [0.5, 0.6) is 0 Å².